The molecule has 0 aliphatic carbocycles. The van der Waals surface area contributed by atoms with Crippen LogP contribution in [0.25, 0.3) is 22.3 Å². The molecule has 0 saturated heterocycles. The Hall–Kier alpha value is -3.94. The lowest BCUT2D eigenvalue weighted by Crippen LogP contribution is -2.40. The van der Waals surface area contributed by atoms with Gasteiger partial charge in [0, 0.05) is 6.54 Å². The molecule has 2 aromatic heterocycles. The van der Waals surface area contributed by atoms with E-state index >= 15 is 0 Å². The van der Waals surface area contributed by atoms with Crippen molar-refractivity contribution in [2.75, 3.05) is 6.61 Å². The molecule has 30 heavy (non-hydrogen) atoms. The van der Waals surface area contributed by atoms with Gasteiger partial charge in [-0.1, -0.05) is 35.5 Å². The van der Waals surface area contributed by atoms with Crippen molar-refractivity contribution in [3.05, 3.63) is 87.9 Å². The Kier molecular flexibility index (Phi) is 5.30. The predicted octanol–water partition coefficient (Wildman–Crippen LogP) is 2.85. The maximum atomic E-state index is 13.0. The van der Waals surface area contributed by atoms with Gasteiger partial charge in [0.1, 0.15) is 12.3 Å². The number of benzene rings is 2. The van der Waals surface area contributed by atoms with Gasteiger partial charge in [-0.3, -0.25) is 13.9 Å². The van der Waals surface area contributed by atoms with Crippen LogP contribution in [-0.2, 0) is 13.1 Å². The number of fused-ring (bicyclic) bond motifs is 1. The highest BCUT2D eigenvalue weighted by Crippen LogP contribution is 2.27. The maximum absolute atomic E-state index is 13.0. The van der Waals surface area contributed by atoms with Gasteiger partial charge in [-0.2, -0.15) is 4.98 Å². The van der Waals surface area contributed by atoms with Crippen molar-refractivity contribution in [1.29, 1.82) is 0 Å². The fourth-order valence-corrected chi connectivity index (χ4v) is 3.31. The van der Waals surface area contributed by atoms with Gasteiger partial charge in [0.2, 0.25) is 11.7 Å². The third-order valence-corrected chi connectivity index (χ3v) is 4.63. The molecule has 0 fully saturated rings. The van der Waals surface area contributed by atoms with Crippen LogP contribution in [0.4, 0.5) is 0 Å². The van der Waals surface area contributed by atoms with Crippen LogP contribution in [0.15, 0.2) is 75.3 Å². The number of hydrogen-bond donors (Lipinski definition) is 0. The Bertz CT molecular complexity index is 1330. The summed E-state index contributed by atoms with van der Waals surface area (Å²) >= 11 is 0. The van der Waals surface area contributed by atoms with Gasteiger partial charge in [0.15, 0.2) is 0 Å². The van der Waals surface area contributed by atoms with Crippen molar-refractivity contribution >= 4 is 10.9 Å². The van der Waals surface area contributed by atoms with E-state index in [2.05, 4.69) is 16.7 Å². The third-order valence-electron chi connectivity index (χ3n) is 4.63. The SMILES string of the molecule is C=CCn1c(=O)c2ccccc2n(Cc2nc(-c3ccccc3OCC)no2)c1=O. The highest BCUT2D eigenvalue weighted by Gasteiger charge is 2.17. The molecule has 8 heteroatoms. The molecule has 4 aromatic rings. The molecular weight excluding hydrogens is 384 g/mol. The quantitative estimate of drug-likeness (QED) is 0.440. The zero-order valence-electron chi connectivity index (χ0n) is 16.4. The Morgan fingerprint density at radius 3 is 2.67 bits per heavy atom. The summed E-state index contributed by atoms with van der Waals surface area (Å²) in [5.41, 5.74) is 0.377. The Morgan fingerprint density at radius 1 is 1.10 bits per heavy atom. The molecule has 0 radical (unpaired) electrons. The summed E-state index contributed by atoms with van der Waals surface area (Å²) < 4.78 is 13.6. The van der Waals surface area contributed by atoms with Crippen LogP contribution in [-0.4, -0.2) is 25.9 Å². The molecule has 4 rings (SSSR count). The van der Waals surface area contributed by atoms with Crippen LogP contribution in [0, 0.1) is 0 Å². The number of rotatable bonds is 7. The van der Waals surface area contributed by atoms with Crippen molar-refractivity contribution in [2.45, 2.75) is 20.0 Å². The first-order valence-corrected chi connectivity index (χ1v) is 9.52. The molecule has 8 nitrogen and oxygen atoms in total. The van der Waals surface area contributed by atoms with Crippen molar-refractivity contribution in [2.24, 2.45) is 0 Å². The fraction of sp³-hybridized carbons (Fsp3) is 0.182. The summed E-state index contributed by atoms with van der Waals surface area (Å²) in [5, 5.41) is 4.48. The molecule has 0 aliphatic rings. The van der Waals surface area contributed by atoms with Gasteiger partial charge in [0.25, 0.3) is 5.56 Å². The molecule has 0 amide bonds. The zero-order valence-corrected chi connectivity index (χ0v) is 16.4. The summed E-state index contributed by atoms with van der Waals surface area (Å²) in [7, 11) is 0. The summed E-state index contributed by atoms with van der Waals surface area (Å²) in [6, 6.07) is 14.3. The van der Waals surface area contributed by atoms with E-state index in [9.17, 15) is 9.59 Å². The zero-order chi connectivity index (χ0) is 21.1. The molecule has 0 spiro atoms. The number of allylic oxidation sites excluding steroid dienone is 1. The number of ether oxygens (including phenoxy) is 1. The first kappa shape index (κ1) is 19.4. The molecule has 2 aromatic carbocycles. The van der Waals surface area contributed by atoms with E-state index in [4.69, 9.17) is 9.26 Å². The Balaban J connectivity index is 1.79. The van der Waals surface area contributed by atoms with E-state index in [1.165, 1.54) is 10.6 Å². The number of para-hydroxylation sites is 2. The normalized spacial score (nSPS) is 11.0. The van der Waals surface area contributed by atoms with Gasteiger partial charge in [-0.05, 0) is 31.2 Å². The molecule has 0 unspecified atom stereocenters. The monoisotopic (exact) mass is 404 g/mol. The van der Waals surface area contributed by atoms with E-state index in [0.717, 1.165) is 4.57 Å². The minimum atomic E-state index is -0.465. The van der Waals surface area contributed by atoms with E-state index in [1.807, 2.05) is 31.2 Å². The van der Waals surface area contributed by atoms with E-state index in [-0.39, 0.29) is 24.5 Å². The van der Waals surface area contributed by atoms with Crippen LogP contribution in [0.5, 0.6) is 5.75 Å². The second-order valence-corrected chi connectivity index (χ2v) is 6.53. The van der Waals surface area contributed by atoms with Crippen LogP contribution in [0.2, 0.25) is 0 Å². The molecule has 0 atom stereocenters. The van der Waals surface area contributed by atoms with Gasteiger partial charge < -0.3 is 9.26 Å². The van der Waals surface area contributed by atoms with Crippen LogP contribution in [0.1, 0.15) is 12.8 Å². The predicted molar refractivity (Wildman–Crippen MR) is 113 cm³/mol. The molecule has 0 bridgehead atoms. The van der Waals surface area contributed by atoms with Crippen molar-refractivity contribution in [3.63, 3.8) is 0 Å². The van der Waals surface area contributed by atoms with E-state index < -0.39 is 5.69 Å². The van der Waals surface area contributed by atoms with Gasteiger partial charge >= 0.3 is 5.69 Å². The Morgan fingerprint density at radius 2 is 1.87 bits per heavy atom. The summed E-state index contributed by atoms with van der Waals surface area (Å²) in [6.07, 6.45) is 1.51. The minimum absolute atomic E-state index is 0.0283. The lowest BCUT2D eigenvalue weighted by Gasteiger charge is -2.11. The third kappa shape index (κ3) is 3.43. The molecule has 152 valence electrons. The van der Waals surface area contributed by atoms with Crippen molar-refractivity contribution < 1.29 is 9.26 Å². The molecule has 0 aliphatic heterocycles. The summed E-state index contributed by atoms with van der Waals surface area (Å²) in [6.45, 7) is 6.18. The average molecular weight is 404 g/mol. The lowest BCUT2D eigenvalue weighted by atomic mass is 10.2. The molecule has 0 N–H and O–H groups in total. The fourth-order valence-electron chi connectivity index (χ4n) is 3.31. The first-order chi connectivity index (χ1) is 14.6. The number of aromatic nitrogens is 4. The standard InChI is InChI=1S/C22H20N4O4/c1-3-13-25-21(27)15-9-5-7-11-17(15)26(22(25)28)14-19-23-20(24-30-19)16-10-6-8-12-18(16)29-4-2/h3,5-12H,1,4,13-14H2,2H3. The topological polar surface area (TPSA) is 92.2 Å². The maximum Gasteiger partial charge on any atom is 0.332 e. The van der Waals surface area contributed by atoms with Crippen LogP contribution in [0.3, 0.4) is 0 Å². The van der Waals surface area contributed by atoms with E-state index in [0.29, 0.717) is 34.6 Å². The molecule has 2 heterocycles. The second kappa shape index (κ2) is 8.20. The first-order valence-electron chi connectivity index (χ1n) is 9.52. The van der Waals surface area contributed by atoms with Gasteiger partial charge in [0.05, 0.1) is 23.1 Å². The van der Waals surface area contributed by atoms with Crippen molar-refractivity contribution in [1.82, 2.24) is 19.3 Å². The second-order valence-electron chi connectivity index (χ2n) is 6.53. The Labute approximate surface area is 171 Å². The number of nitrogens with zero attached hydrogens (tertiary/aromatic N) is 4. The highest BCUT2D eigenvalue weighted by molar-refractivity contribution is 5.77. The lowest BCUT2D eigenvalue weighted by molar-refractivity contribution is 0.340. The smallest absolute Gasteiger partial charge is 0.332 e. The highest BCUT2D eigenvalue weighted by atomic mass is 16.5. The van der Waals surface area contributed by atoms with Crippen LogP contribution >= 0.6 is 0 Å². The average Bonchev–Trinajstić information content (AvgIpc) is 3.23. The van der Waals surface area contributed by atoms with E-state index in [1.54, 1.807) is 24.3 Å². The van der Waals surface area contributed by atoms with Crippen LogP contribution < -0.4 is 16.0 Å². The van der Waals surface area contributed by atoms with Gasteiger partial charge in [-0.15, -0.1) is 6.58 Å². The summed E-state index contributed by atoms with van der Waals surface area (Å²) in [5.74, 6) is 1.26. The minimum Gasteiger partial charge on any atom is -0.493 e. The van der Waals surface area contributed by atoms with Gasteiger partial charge in [-0.25, -0.2) is 4.79 Å². The van der Waals surface area contributed by atoms with Crippen molar-refractivity contribution in [3.8, 4) is 17.1 Å². The number of hydrogen-bond acceptors (Lipinski definition) is 6. The molecular formula is C22H20N4O4. The summed E-state index contributed by atoms with van der Waals surface area (Å²) in [4.78, 5) is 30.1. The molecule has 0 saturated carbocycles. The largest absolute Gasteiger partial charge is 0.493 e.